The van der Waals surface area contributed by atoms with Crippen molar-refractivity contribution in [2.24, 2.45) is 0 Å². The maximum Gasteiger partial charge on any atom is 0.224 e. The molecule has 0 saturated carbocycles. The number of carbonyl (C=O) groups is 1. The van der Waals surface area contributed by atoms with Gasteiger partial charge in [0.2, 0.25) is 5.91 Å². The fraction of sp³-hybridized carbons (Fsp3) is 0.167. The monoisotopic (exact) mass is 306 g/mol. The first-order valence-electron chi connectivity index (χ1n) is 7.49. The van der Waals surface area contributed by atoms with Crippen molar-refractivity contribution < 1.29 is 4.79 Å². The van der Waals surface area contributed by atoms with Crippen LogP contribution in [0.15, 0.2) is 60.9 Å². The van der Waals surface area contributed by atoms with Crippen molar-refractivity contribution >= 4 is 5.91 Å². The van der Waals surface area contributed by atoms with E-state index in [2.05, 4.69) is 15.5 Å². The topological polar surface area (TPSA) is 59.8 Å². The molecule has 0 radical (unpaired) electrons. The smallest absolute Gasteiger partial charge is 0.224 e. The fourth-order valence-corrected chi connectivity index (χ4v) is 2.41. The summed E-state index contributed by atoms with van der Waals surface area (Å²) in [7, 11) is 0. The van der Waals surface area contributed by atoms with E-state index < -0.39 is 0 Å². The van der Waals surface area contributed by atoms with Gasteiger partial charge in [-0.2, -0.15) is 0 Å². The first-order chi connectivity index (χ1) is 11.2. The summed E-state index contributed by atoms with van der Waals surface area (Å²) in [6, 6.07) is 17.7. The minimum absolute atomic E-state index is 0.0260. The van der Waals surface area contributed by atoms with Crippen LogP contribution in [-0.4, -0.2) is 20.7 Å². The third-order valence-corrected chi connectivity index (χ3v) is 3.71. The molecule has 5 nitrogen and oxygen atoms in total. The average Bonchev–Trinajstić information content (AvgIpc) is 3.04. The van der Waals surface area contributed by atoms with E-state index in [-0.39, 0.29) is 5.91 Å². The largest absolute Gasteiger partial charge is 0.348 e. The molecule has 3 aromatic rings. The SMILES string of the molecule is Cc1ccccc1CC(=O)NCc1nncn1-c1ccccc1. The van der Waals surface area contributed by atoms with Crippen molar-refractivity contribution in [1.29, 1.82) is 0 Å². The van der Waals surface area contributed by atoms with Crippen molar-refractivity contribution in [3.63, 3.8) is 0 Å². The number of hydrogen-bond donors (Lipinski definition) is 1. The highest BCUT2D eigenvalue weighted by molar-refractivity contribution is 5.78. The molecule has 2 aromatic carbocycles. The molecule has 0 fully saturated rings. The van der Waals surface area contributed by atoms with Gasteiger partial charge in [-0.25, -0.2) is 0 Å². The van der Waals surface area contributed by atoms with Gasteiger partial charge < -0.3 is 5.32 Å². The van der Waals surface area contributed by atoms with E-state index in [0.717, 1.165) is 16.8 Å². The standard InChI is InChI=1S/C18H18N4O/c1-14-7-5-6-8-15(14)11-18(23)19-12-17-21-20-13-22(17)16-9-3-2-4-10-16/h2-10,13H,11-12H2,1H3,(H,19,23). The van der Waals surface area contributed by atoms with Crippen molar-refractivity contribution in [2.75, 3.05) is 0 Å². The molecule has 23 heavy (non-hydrogen) atoms. The molecular weight excluding hydrogens is 288 g/mol. The highest BCUT2D eigenvalue weighted by Gasteiger charge is 2.09. The van der Waals surface area contributed by atoms with Crippen LogP contribution >= 0.6 is 0 Å². The summed E-state index contributed by atoms with van der Waals surface area (Å²) in [6.45, 7) is 2.36. The van der Waals surface area contributed by atoms with Crippen molar-refractivity contribution in [3.8, 4) is 5.69 Å². The first kappa shape index (κ1) is 15.0. The third-order valence-electron chi connectivity index (χ3n) is 3.71. The second-order valence-electron chi connectivity index (χ2n) is 5.33. The Hall–Kier alpha value is -2.95. The number of rotatable bonds is 5. The van der Waals surface area contributed by atoms with Crippen LogP contribution < -0.4 is 5.32 Å². The summed E-state index contributed by atoms with van der Waals surface area (Å²) in [5.41, 5.74) is 3.13. The lowest BCUT2D eigenvalue weighted by Crippen LogP contribution is -2.26. The lowest BCUT2D eigenvalue weighted by atomic mass is 10.1. The quantitative estimate of drug-likeness (QED) is 0.787. The normalized spacial score (nSPS) is 10.5. The van der Waals surface area contributed by atoms with Gasteiger partial charge in [0.1, 0.15) is 6.33 Å². The molecule has 0 bridgehead atoms. The van der Waals surface area contributed by atoms with E-state index in [4.69, 9.17) is 0 Å². The Kier molecular flexibility index (Phi) is 4.47. The number of para-hydroxylation sites is 1. The minimum atomic E-state index is -0.0260. The molecule has 1 heterocycles. The Morgan fingerprint density at radius 3 is 2.61 bits per heavy atom. The molecule has 1 aromatic heterocycles. The summed E-state index contributed by atoms with van der Waals surface area (Å²) >= 11 is 0. The van der Waals surface area contributed by atoms with E-state index in [1.165, 1.54) is 0 Å². The van der Waals surface area contributed by atoms with Gasteiger partial charge in [-0.15, -0.1) is 10.2 Å². The zero-order valence-electron chi connectivity index (χ0n) is 12.9. The molecule has 0 unspecified atom stereocenters. The Bertz CT molecular complexity index is 796. The van der Waals surface area contributed by atoms with E-state index in [9.17, 15) is 4.79 Å². The molecule has 1 amide bonds. The molecular formula is C18H18N4O. The van der Waals surface area contributed by atoms with Crippen molar-refractivity contribution in [1.82, 2.24) is 20.1 Å². The van der Waals surface area contributed by atoms with Gasteiger partial charge in [0.05, 0.1) is 13.0 Å². The summed E-state index contributed by atoms with van der Waals surface area (Å²) in [4.78, 5) is 12.1. The lowest BCUT2D eigenvalue weighted by Gasteiger charge is -2.09. The molecule has 0 saturated heterocycles. The lowest BCUT2D eigenvalue weighted by molar-refractivity contribution is -0.120. The molecule has 1 N–H and O–H groups in total. The second-order valence-corrected chi connectivity index (χ2v) is 5.33. The van der Waals surface area contributed by atoms with Crippen LogP contribution in [0.2, 0.25) is 0 Å². The van der Waals surface area contributed by atoms with Gasteiger partial charge in [0.25, 0.3) is 0 Å². The maximum absolute atomic E-state index is 12.1. The Balaban J connectivity index is 1.64. The Morgan fingerprint density at radius 2 is 1.83 bits per heavy atom. The van der Waals surface area contributed by atoms with Crippen LogP contribution in [0, 0.1) is 6.92 Å². The summed E-state index contributed by atoms with van der Waals surface area (Å²) in [6.07, 6.45) is 2.02. The predicted octanol–water partition coefficient (Wildman–Crippen LogP) is 2.43. The van der Waals surface area contributed by atoms with Crippen LogP contribution in [0.4, 0.5) is 0 Å². The van der Waals surface area contributed by atoms with Crippen LogP contribution in [0.1, 0.15) is 17.0 Å². The third kappa shape index (κ3) is 3.63. The van der Waals surface area contributed by atoms with Gasteiger partial charge >= 0.3 is 0 Å². The number of carbonyl (C=O) groups excluding carboxylic acids is 1. The Morgan fingerprint density at radius 1 is 1.09 bits per heavy atom. The fourth-order valence-electron chi connectivity index (χ4n) is 2.41. The van der Waals surface area contributed by atoms with Gasteiger partial charge in [-0.05, 0) is 30.2 Å². The van der Waals surface area contributed by atoms with Gasteiger partial charge in [0, 0.05) is 5.69 Å². The number of nitrogens with one attached hydrogen (secondary N) is 1. The molecule has 0 aliphatic rings. The van der Waals surface area contributed by atoms with Crippen LogP contribution in [0.3, 0.4) is 0 Å². The highest BCUT2D eigenvalue weighted by atomic mass is 16.1. The van der Waals surface area contributed by atoms with Crippen LogP contribution in [-0.2, 0) is 17.8 Å². The Labute approximate surface area is 135 Å². The molecule has 0 aliphatic heterocycles. The number of hydrogen-bond acceptors (Lipinski definition) is 3. The number of benzene rings is 2. The number of nitrogens with zero attached hydrogens (tertiary/aromatic N) is 3. The predicted molar refractivity (Wildman–Crippen MR) is 88.1 cm³/mol. The molecule has 0 atom stereocenters. The average molecular weight is 306 g/mol. The van der Waals surface area contributed by atoms with E-state index in [1.54, 1.807) is 6.33 Å². The van der Waals surface area contributed by atoms with Gasteiger partial charge in [0.15, 0.2) is 5.82 Å². The zero-order chi connectivity index (χ0) is 16.1. The molecule has 116 valence electrons. The first-order valence-corrected chi connectivity index (χ1v) is 7.49. The summed E-state index contributed by atoms with van der Waals surface area (Å²) in [5, 5.41) is 10.9. The second kappa shape index (κ2) is 6.87. The van der Waals surface area contributed by atoms with Crippen LogP contribution in [0.5, 0.6) is 0 Å². The number of aromatic nitrogens is 3. The highest BCUT2D eigenvalue weighted by Crippen LogP contribution is 2.10. The zero-order valence-corrected chi connectivity index (χ0v) is 12.9. The molecule has 0 spiro atoms. The summed E-state index contributed by atoms with van der Waals surface area (Å²) in [5.74, 6) is 0.677. The summed E-state index contributed by atoms with van der Waals surface area (Å²) < 4.78 is 1.87. The van der Waals surface area contributed by atoms with Crippen molar-refractivity contribution in [2.45, 2.75) is 19.9 Å². The molecule has 0 aliphatic carbocycles. The van der Waals surface area contributed by atoms with E-state index in [0.29, 0.717) is 18.8 Å². The molecule has 3 rings (SSSR count). The maximum atomic E-state index is 12.1. The number of amides is 1. The van der Waals surface area contributed by atoms with Gasteiger partial charge in [-0.3, -0.25) is 9.36 Å². The molecule has 5 heteroatoms. The van der Waals surface area contributed by atoms with Crippen molar-refractivity contribution in [3.05, 3.63) is 77.9 Å². The van der Waals surface area contributed by atoms with Gasteiger partial charge in [-0.1, -0.05) is 42.5 Å². The number of aryl methyl sites for hydroxylation is 1. The van der Waals surface area contributed by atoms with E-state index >= 15 is 0 Å². The minimum Gasteiger partial charge on any atom is -0.348 e. The van der Waals surface area contributed by atoms with E-state index in [1.807, 2.05) is 66.1 Å². The van der Waals surface area contributed by atoms with Crippen LogP contribution in [0.25, 0.3) is 5.69 Å².